The van der Waals surface area contributed by atoms with Crippen LogP contribution in [0, 0.1) is 0 Å². The molecular formula is C13H29Al. The Morgan fingerprint density at radius 1 is 0.571 bits per heavy atom. The summed E-state index contributed by atoms with van der Waals surface area (Å²) in [5.41, 5.74) is 0. The summed E-state index contributed by atoms with van der Waals surface area (Å²) in [7, 11) is 0. The molecule has 0 bridgehead atoms. The SMILES string of the molecule is CCCC[CH2][Al]([CH2]CCC)[CH2]CCC. The Kier molecular flexibility index (Phi) is 12.0. The summed E-state index contributed by atoms with van der Waals surface area (Å²) in [4.78, 5) is 0. The molecule has 0 aliphatic carbocycles. The first kappa shape index (κ1) is 14.5. The van der Waals surface area contributed by atoms with Crippen molar-refractivity contribution in [2.45, 2.75) is 81.6 Å². The molecule has 0 atom stereocenters. The Hall–Kier alpha value is 0.532. The zero-order valence-corrected chi connectivity index (χ0v) is 11.8. The van der Waals surface area contributed by atoms with E-state index in [1.54, 1.807) is 15.8 Å². The minimum absolute atomic E-state index is 0.301. The van der Waals surface area contributed by atoms with Crippen molar-refractivity contribution in [2.24, 2.45) is 0 Å². The van der Waals surface area contributed by atoms with Crippen molar-refractivity contribution < 1.29 is 0 Å². The summed E-state index contributed by atoms with van der Waals surface area (Å²) >= 11 is -0.301. The van der Waals surface area contributed by atoms with Gasteiger partial charge in [0.2, 0.25) is 0 Å². The van der Waals surface area contributed by atoms with Crippen LogP contribution in [0.1, 0.15) is 65.7 Å². The van der Waals surface area contributed by atoms with Crippen LogP contribution in [-0.4, -0.2) is 14.1 Å². The van der Waals surface area contributed by atoms with E-state index in [1.165, 1.54) is 44.9 Å². The molecule has 0 heterocycles. The van der Waals surface area contributed by atoms with Crippen LogP contribution >= 0.6 is 0 Å². The quantitative estimate of drug-likeness (QED) is 0.342. The maximum atomic E-state index is 2.33. The van der Waals surface area contributed by atoms with Gasteiger partial charge in [0.15, 0.2) is 0 Å². The minimum atomic E-state index is -0.301. The van der Waals surface area contributed by atoms with Crippen molar-refractivity contribution in [1.29, 1.82) is 0 Å². The summed E-state index contributed by atoms with van der Waals surface area (Å²) in [6.07, 6.45) is 10.2. The van der Waals surface area contributed by atoms with Crippen molar-refractivity contribution in [3.63, 3.8) is 0 Å². The molecule has 0 fully saturated rings. The lowest BCUT2D eigenvalue weighted by Gasteiger charge is -2.10. The Bertz CT molecular complexity index is 93.4. The molecular weight excluding hydrogens is 183 g/mol. The van der Waals surface area contributed by atoms with Crippen LogP contribution in [0.3, 0.4) is 0 Å². The monoisotopic (exact) mass is 212 g/mol. The van der Waals surface area contributed by atoms with Gasteiger partial charge in [-0.3, -0.25) is 0 Å². The van der Waals surface area contributed by atoms with Crippen LogP contribution in [0.2, 0.25) is 15.8 Å². The van der Waals surface area contributed by atoms with Gasteiger partial charge < -0.3 is 0 Å². The van der Waals surface area contributed by atoms with E-state index in [0.29, 0.717) is 0 Å². The van der Waals surface area contributed by atoms with Crippen molar-refractivity contribution in [3.8, 4) is 0 Å². The molecule has 14 heavy (non-hydrogen) atoms. The fourth-order valence-corrected chi connectivity index (χ4v) is 5.80. The van der Waals surface area contributed by atoms with E-state index in [9.17, 15) is 0 Å². The van der Waals surface area contributed by atoms with Crippen molar-refractivity contribution in [3.05, 3.63) is 0 Å². The second-order valence-electron chi connectivity index (χ2n) is 4.65. The highest BCUT2D eigenvalue weighted by Gasteiger charge is 2.14. The highest BCUT2D eigenvalue weighted by Crippen LogP contribution is 2.16. The van der Waals surface area contributed by atoms with E-state index in [1.807, 2.05) is 0 Å². The maximum Gasteiger partial charge on any atom is 0.261 e. The summed E-state index contributed by atoms with van der Waals surface area (Å²) in [5, 5.41) is 4.88. The molecule has 0 amide bonds. The normalized spacial score (nSPS) is 10.5. The largest absolute Gasteiger partial charge is 0.261 e. The van der Waals surface area contributed by atoms with Gasteiger partial charge in [-0.25, -0.2) is 0 Å². The van der Waals surface area contributed by atoms with Gasteiger partial charge in [0.05, 0.1) is 0 Å². The third-order valence-electron chi connectivity index (χ3n) is 3.15. The third-order valence-corrected chi connectivity index (χ3v) is 6.82. The molecule has 0 aliphatic heterocycles. The highest BCUT2D eigenvalue weighted by molar-refractivity contribution is 6.58. The van der Waals surface area contributed by atoms with Gasteiger partial charge in [0.25, 0.3) is 14.1 Å². The van der Waals surface area contributed by atoms with Crippen LogP contribution < -0.4 is 0 Å². The molecule has 84 valence electrons. The predicted octanol–water partition coefficient (Wildman–Crippen LogP) is 5.27. The molecule has 0 saturated carbocycles. The molecule has 0 aromatic carbocycles. The number of unbranched alkanes of at least 4 members (excludes halogenated alkanes) is 4. The average Bonchev–Trinajstić information content (AvgIpc) is 2.21. The number of hydrogen-bond acceptors (Lipinski definition) is 0. The summed E-state index contributed by atoms with van der Waals surface area (Å²) in [6.45, 7) is 6.98. The van der Waals surface area contributed by atoms with E-state index in [4.69, 9.17) is 0 Å². The summed E-state index contributed by atoms with van der Waals surface area (Å²) in [5.74, 6) is 0. The maximum absolute atomic E-state index is 2.33. The Morgan fingerprint density at radius 3 is 1.43 bits per heavy atom. The molecule has 0 saturated heterocycles. The molecule has 0 rings (SSSR count). The van der Waals surface area contributed by atoms with E-state index < -0.39 is 0 Å². The molecule has 0 spiro atoms. The molecule has 0 N–H and O–H groups in total. The lowest BCUT2D eigenvalue weighted by Crippen LogP contribution is -2.11. The molecule has 0 aliphatic rings. The minimum Gasteiger partial charge on any atom is -0.0939 e. The summed E-state index contributed by atoms with van der Waals surface area (Å²) < 4.78 is 0. The number of rotatable bonds is 10. The Morgan fingerprint density at radius 2 is 1.00 bits per heavy atom. The van der Waals surface area contributed by atoms with Gasteiger partial charge in [-0.2, -0.15) is 0 Å². The molecule has 0 unspecified atom stereocenters. The number of hydrogen-bond donors (Lipinski definition) is 0. The Balaban J connectivity index is 3.49. The van der Waals surface area contributed by atoms with Gasteiger partial charge in [0.1, 0.15) is 0 Å². The van der Waals surface area contributed by atoms with Crippen LogP contribution in [0.5, 0.6) is 0 Å². The van der Waals surface area contributed by atoms with Crippen molar-refractivity contribution in [2.75, 3.05) is 0 Å². The van der Waals surface area contributed by atoms with Gasteiger partial charge in [0, 0.05) is 0 Å². The van der Waals surface area contributed by atoms with Crippen LogP contribution in [0.4, 0.5) is 0 Å². The standard InChI is InChI=1S/C5H11.2C4H9.Al/c1-3-5-4-2;2*1-3-4-2;/h1,3-5H2,2H3;2*1,3-4H2,2H3;. The van der Waals surface area contributed by atoms with Crippen molar-refractivity contribution >= 4 is 14.1 Å². The predicted molar refractivity (Wildman–Crippen MR) is 69.5 cm³/mol. The van der Waals surface area contributed by atoms with E-state index in [0.717, 1.165) is 0 Å². The first-order valence-electron chi connectivity index (χ1n) is 6.85. The fourth-order valence-electron chi connectivity index (χ4n) is 2.10. The summed E-state index contributed by atoms with van der Waals surface area (Å²) in [6, 6.07) is 0. The van der Waals surface area contributed by atoms with Gasteiger partial charge in [-0.15, -0.1) is 0 Å². The van der Waals surface area contributed by atoms with E-state index >= 15 is 0 Å². The lowest BCUT2D eigenvalue weighted by atomic mass is 10.3. The first-order chi connectivity index (χ1) is 6.85. The second kappa shape index (κ2) is 11.6. The third kappa shape index (κ3) is 9.10. The van der Waals surface area contributed by atoms with Gasteiger partial charge in [-0.05, 0) is 0 Å². The topological polar surface area (TPSA) is 0 Å². The van der Waals surface area contributed by atoms with E-state index in [-0.39, 0.29) is 14.1 Å². The van der Waals surface area contributed by atoms with Gasteiger partial charge >= 0.3 is 0 Å². The smallest absolute Gasteiger partial charge is 0.0939 e. The molecule has 0 aromatic heterocycles. The van der Waals surface area contributed by atoms with Crippen LogP contribution in [0.25, 0.3) is 0 Å². The molecule has 0 radical (unpaired) electrons. The zero-order valence-electron chi connectivity index (χ0n) is 10.6. The Labute approximate surface area is 95.9 Å². The van der Waals surface area contributed by atoms with Gasteiger partial charge in [-0.1, -0.05) is 81.6 Å². The molecule has 0 aromatic rings. The second-order valence-corrected chi connectivity index (χ2v) is 8.11. The van der Waals surface area contributed by atoms with Crippen LogP contribution in [-0.2, 0) is 0 Å². The first-order valence-corrected chi connectivity index (χ1v) is 9.30. The highest BCUT2D eigenvalue weighted by atomic mass is 27.2. The fraction of sp³-hybridized carbons (Fsp3) is 1.00. The average molecular weight is 212 g/mol. The molecule has 1 heteroatoms. The lowest BCUT2D eigenvalue weighted by molar-refractivity contribution is 0.753. The van der Waals surface area contributed by atoms with Crippen molar-refractivity contribution in [1.82, 2.24) is 0 Å². The zero-order chi connectivity index (χ0) is 10.6. The van der Waals surface area contributed by atoms with Crippen LogP contribution in [0.15, 0.2) is 0 Å². The molecule has 0 nitrogen and oxygen atoms in total. The van der Waals surface area contributed by atoms with E-state index in [2.05, 4.69) is 20.8 Å².